The Bertz CT molecular complexity index is 437. The molecule has 17 heavy (non-hydrogen) atoms. The van der Waals surface area contributed by atoms with Crippen molar-refractivity contribution >= 4 is 27.5 Å². The van der Waals surface area contributed by atoms with Crippen LogP contribution in [0.1, 0.15) is 16.8 Å². The number of carbonyl (C=O) groups excluding carboxylic acids is 1. The SMILES string of the molecule is NCCCNC(=O)c1ccc(Br)c([N+](=O)[O-])c1. The predicted octanol–water partition coefficient (Wildman–Crippen LogP) is 1.44. The summed E-state index contributed by atoms with van der Waals surface area (Å²) in [6, 6.07) is 4.24. The van der Waals surface area contributed by atoms with E-state index in [9.17, 15) is 14.9 Å². The first-order chi connectivity index (χ1) is 8.06. The molecule has 0 bridgehead atoms. The van der Waals surface area contributed by atoms with E-state index in [2.05, 4.69) is 21.2 Å². The zero-order valence-electron chi connectivity index (χ0n) is 8.98. The molecule has 3 N–H and O–H groups in total. The fraction of sp³-hybridized carbons (Fsp3) is 0.300. The van der Waals surface area contributed by atoms with Crippen LogP contribution in [0.3, 0.4) is 0 Å². The molecule has 0 saturated heterocycles. The van der Waals surface area contributed by atoms with Gasteiger partial charge in [-0.3, -0.25) is 14.9 Å². The standard InChI is InChI=1S/C10H12BrN3O3/c11-8-3-2-7(6-9(8)14(16)17)10(15)13-5-1-4-12/h2-3,6H,1,4-5,12H2,(H,13,15). The van der Waals surface area contributed by atoms with Gasteiger partial charge in [0.25, 0.3) is 11.6 Å². The van der Waals surface area contributed by atoms with E-state index in [0.29, 0.717) is 24.0 Å². The Morgan fingerprint density at radius 2 is 2.24 bits per heavy atom. The van der Waals surface area contributed by atoms with Crippen LogP contribution in [0.15, 0.2) is 22.7 Å². The third-order valence-corrected chi connectivity index (χ3v) is 2.74. The van der Waals surface area contributed by atoms with Crippen molar-refractivity contribution in [1.82, 2.24) is 5.32 Å². The van der Waals surface area contributed by atoms with Crippen molar-refractivity contribution in [2.75, 3.05) is 13.1 Å². The van der Waals surface area contributed by atoms with Crippen LogP contribution in [0.4, 0.5) is 5.69 Å². The normalized spacial score (nSPS) is 10.0. The molecule has 0 saturated carbocycles. The van der Waals surface area contributed by atoms with E-state index in [1.54, 1.807) is 0 Å². The molecule has 0 unspecified atom stereocenters. The lowest BCUT2D eigenvalue weighted by Crippen LogP contribution is -2.25. The highest BCUT2D eigenvalue weighted by Gasteiger charge is 2.15. The summed E-state index contributed by atoms with van der Waals surface area (Å²) in [6.07, 6.45) is 0.671. The van der Waals surface area contributed by atoms with Gasteiger partial charge in [0.2, 0.25) is 0 Å². The number of hydrogen-bond acceptors (Lipinski definition) is 4. The van der Waals surface area contributed by atoms with Gasteiger partial charge >= 0.3 is 0 Å². The van der Waals surface area contributed by atoms with Crippen LogP contribution in [0, 0.1) is 10.1 Å². The number of nitrogens with two attached hydrogens (primary N) is 1. The third kappa shape index (κ3) is 3.79. The van der Waals surface area contributed by atoms with Crippen molar-refractivity contribution in [2.45, 2.75) is 6.42 Å². The van der Waals surface area contributed by atoms with E-state index >= 15 is 0 Å². The molecule has 1 aromatic carbocycles. The van der Waals surface area contributed by atoms with Gasteiger partial charge in [0.15, 0.2) is 0 Å². The fourth-order valence-corrected chi connectivity index (χ4v) is 1.59. The number of benzene rings is 1. The molecule has 0 radical (unpaired) electrons. The van der Waals surface area contributed by atoms with Crippen LogP contribution in [0.25, 0.3) is 0 Å². The lowest BCUT2D eigenvalue weighted by molar-refractivity contribution is -0.385. The van der Waals surface area contributed by atoms with Crippen LogP contribution in [-0.2, 0) is 0 Å². The number of rotatable bonds is 5. The van der Waals surface area contributed by atoms with E-state index < -0.39 is 4.92 Å². The third-order valence-electron chi connectivity index (χ3n) is 2.07. The van der Waals surface area contributed by atoms with Crippen molar-refractivity contribution in [3.8, 4) is 0 Å². The first-order valence-corrected chi connectivity index (χ1v) is 5.77. The molecule has 92 valence electrons. The second-order valence-corrected chi connectivity index (χ2v) is 4.18. The number of hydrogen-bond donors (Lipinski definition) is 2. The number of carbonyl (C=O) groups is 1. The lowest BCUT2D eigenvalue weighted by Gasteiger charge is -2.04. The van der Waals surface area contributed by atoms with E-state index in [-0.39, 0.29) is 17.2 Å². The van der Waals surface area contributed by atoms with Gasteiger partial charge in [-0.25, -0.2) is 0 Å². The van der Waals surface area contributed by atoms with Gasteiger partial charge in [-0.15, -0.1) is 0 Å². The summed E-state index contributed by atoms with van der Waals surface area (Å²) in [7, 11) is 0. The molecule has 0 aliphatic rings. The molecule has 0 aromatic heterocycles. The number of nitro benzene ring substituents is 1. The van der Waals surface area contributed by atoms with Crippen molar-refractivity contribution in [1.29, 1.82) is 0 Å². The van der Waals surface area contributed by atoms with Gasteiger partial charge in [-0.1, -0.05) is 0 Å². The Kier molecular flexibility index (Phi) is 5.05. The molecule has 0 fully saturated rings. The Morgan fingerprint density at radius 1 is 1.53 bits per heavy atom. The van der Waals surface area contributed by atoms with Crippen LogP contribution < -0.4 is 11.1 Å². The second kappa shape index (κ2) is 6.31. The second-order valence-electron chi connectivity index (χ2n) is 3.32. The zero-order valence-corrected chi connectivity index (χ0v) is 10.6. The number of halogens is 1. The molecule has 1 aromatic rings. The molecule has 7 heteroatoms. The Morgan fingerprint density at radius 3 is 2.82 bits per heavy atom. The van der Waals surface area contributed by atoms with Gasteiger partial charge in [-0.05, 0) is 41.0 Å². The number of nitro groups is 1. The molecule has 0 aliphatic carbocycles. The van der Waals surface area contributed by atoms with Gasteiger partial charge in [0.1, 0.15) is 0 Å². The molecule has 1 amide bonds. The van der Waals surface area contributed by atoms with Crippen LogP contribution >= 0.6 is 15.9 Å². The van der Waals surface area contributed by atoms with Crippen molar-refractivity contribution in [3.05, 3.63) is 38.3 Å². The van der Waals surface area contributed by atoms with E-state index in [1.807, 2.05) is 0 Å². The molecule has 0 aliphatic heterocycles. The highest BCUT2D eigenvalue weighted by molar-refractivity contribution is 9.10. The lowest BCUT2D eigenvalue weighted by atomic mass is 10.2. The quantitative estimate of drug-likeness (QED) is 0.488. The highest BCUT2D eigenvalue weighted by atomic mass is 79.9. The Balaban J connectivity index is 2.81. The van der Waals surface area contributed by atoms with Crippen molar-refractivity contribution in [2.24, 2.45) is 5.73 Å². The van der Waals surface area contributed by atoms with E-state index in [0.717, 1.165) is 0 Å². The average molecular weight is 302 g/mol. The molecule has 1 rings (SSSR count). The minimum absolute atomic E-state index is 0.128. The number of amides is 1. The summed E-state index contributed by atoms with van der Waals surface area (Å²) < 4.78 is 0.348. The van der Waals surface area contributed by atoms with Crippen molar-refractivity contribution < 1.29 is 9.72 Å². The van der Waals surface area contributed by atoms with Gasteiger partial charge in [0.05, 0.1) is 9.40 Å². The Hall–Kier alpha value is -1.47. The minimum Gasteiger partial charge on any atom is -0.352 e. The zero-order chi connectivity index (χ0) is 12.8. The number of nitrogens with one attached hydrogen (secondary N) is 1. The van der Waals surface area contributed by atoms with Crippen LogP contribution in [0.2, 0.25) is 0 Å². The maximum absolute atomic E-state index is 11.6. The summed E-state index contributed by atoms with van der Waals surface area (Å²) in [5.41, 5.74) is 5.42. The predicted molar refractivity (Wildman–Crippen MR) is 66.8 cm³/mol. The van der Waals surface area contributed by atoms with Crippen LogP contribution in [-0.4, -0.2) is 23.9 Å². The summed E-state index contributed by atoms with van der Waals surface area (Å²) in [5, 5.41) is 13.3. The largest absolute Gasteiger partial charge is 0.352 e. The summed E-state index contributed by atoms with van der Waals surface area (Å²) in [4.78, 5) is 21.8. The Labute approximate surface area is 106 Å². The molecule has 0 spiro atoms. The molecule has 0 atom stereocenters. The average Bonchev–Trinajstić information content (AvgIpc) is 2.29. The topological polar surface area (TPSA) is 98.3 Å². The molecule has 6 nitrogen and oxygen atoms in total. The monoisotopic (exact) mass is 301 g/mol. The first kappa shape index (κ1) is 13.6. The first-order valence-electron chi connectivity index (χ1n) is 4.98. The molecular formula is C10H12BrN3O3. The molecular weight excluding hydrogens is 290 g/mol. The summed E-state index contributed by atoms with van der Waals surface area (Å²) in [5.74, 6) is -0.339. The summed E-state index contributed by atoms with van der Waals surface area (Å²) >= 11 is 3.05. The maximum Gasteiger partial charge on any atom is 0.284 e. The van der Waals surface area contributed by atoms with Crippen molar-refractivity contribution in [3.63, 3.8) is 0 Å². The smallest absolute Gasteiger partial charge is 0.284 e. The molecule has 0 heterocycles. The number of nitrogens with zero attached hydrogens (tertiary/aromatic N) is 1. The van der Waals surface area contributed by atoms with Gasteiger partial charge < -0.3 is 11.1 Å². The maximum atomic E-state index is 11.6. The summed E-state index contributed by atoms with van der Waals surface area (Å²) in [6.45, 7) is 0.944. The highest BCUT2D eigenvalue weighted by Crippen LogP contribution is 2.25. The van der Waals surface area contributed by atoms with Gasteiger partial charge in [0, 0.05) is 18.2 Å². The van der Waals surface area contributed by atoms with E-state index in [4.69, 9.17) is 5.73 Å². The van der Waals surface area contributed by atoms with Gasteiger partial charge in [-0.2, -0.15) is 0 Å². The minimum atomic E-state index is -0.541. The fourth-order valence-electron chi connectivity index (χ4n) is 1.20. The van der Waals surface area contributed by atoms with E-state index in [1.165, 1.54) is 18.2 Å². The van der Waals surface area contributed by atoms with Crippen LogP contribution in [0.5, 0.6) is 0 Å².